The van der Waals surface area contributed by atoms with Crippen molar-refractivity contribution in [3.8, 4) is 0 Å². The smallest absolute Gasteiger partial charge is 0.0701 e. The number of hydrogen-bond donors (Lipinski definition) is 0. The molecule has 0 aliphatic carbocycles. The lowest BCUT2D eigenvalue weighted by molar-refractivity contribution is -0.115. The van der Waals surface area contributed by atoms with Gasteiger partial charge >= 0.3 is 0 Å². The maximum absolute atomic E-state index is 4.99. The molecule has 0 aliphatic heterocycles. The molecule has 0 unspecified atom stereocenters. The van der Waals surface area contributed by atoms with Gasteiger partial charge in [0.15, 0.2) is 0 Å². The van der Waals surface area contributed by atoms with Crippen LogP contribution in [0.5, 0.6) is 0 Å². The first-order valence-electron chi connectivity index (χ1n) is 3.22. The van der Waals surface area contributed by atoms with E-state index < -0.39 is 0 Å². The summed E-state index contributed by atoms with van der Waals surface area (Å²) in [6.07, 6.45) is 0. The Morgan fingerprint density at radius 2 is 2.36 bits per heavy atom. The second-order valence-electron chi connectivity index (χ2n) is 2.17. The molecule has 0 aliphatic rings. The first-order valence-corrected chi connectivity index (χ1v) is 4.83. The highest BCUT2D eigenvalue weighted by molar-refractivity contribution is 9.11. The van der Waals surface area contributed by atoms with Crippen LogP contribution in [0.4, 0.5) is 0 Å². The van der Waals surface area contributed by atoms with E-state index in [-0.39, 0.29) is 0 Å². The van der Waals surface area contributed by atoms with E-state index in [4.69, 9.17) is 4.84 Å². The molecule has 0 aromatic carbocycles. The van der Waals surface area contributed by atoms with Crippen LogP contribution < -0.4 is 0 Å². The summed E-state index contributed by atoms with van der Waals surface area (Å²) < 4.78 is 1.16. The van der Waals surface area contributed by atoms with Gasteiger partial charge in [-0.1, -0.05) is 0 Å². The predicted octanol–water partition coefficient (Wildman–Crippen LogP) is 2.50. The highest BCUT2D eigenvalue weighted by Gasteiger charge is 2.00. The summed E-state index contributed by atoms with van der Waals surface area (Å²) in [5, 5.41) is 1.79. The molecule has 1 aromatic rings. The lowest BCUT2D eigenvalue weighted by atomic mass is 10.5. The number of halogens is 1. The molecule has 2 nitrogen and oxygen atoms in total. The Kier molecular flexibility index (Phi) is 3.51. The summed E-state index contributed by atoms with van der Waals surface area (Å²) in [7, 11) is 3.58. The van der Waals surface area contributed by atoms with Gasteiger partial charge in [0.1, 0.15) is 0 Å². The van der Waals surface area contributed by atoms with Crippen LogP contribution in [-0.2, 0) is 11.4 Å². The molecule has 4 heteroatoms. The van der Waals surface area contributed by atoms with Gasteiger partial charge in [0, 0.05) is 11.9 Å². The Morgan fingerprint density at radius 3 is 2.82 bits per heavy atom. The first-order chi connectivity index (χ1) is 5.22. The van der Waals surface area contributed by atoms with Crippen molar-refractivity contribution < 1.29 is 4.84 Å². The zero-order chi connectivity index (χ0) is 8.27. The fourth-order valence-corrected chi connectivity index (χ4v) is 2.25. The van der Waals surface area contributed by atoms with Gasteiger partial charge in [0.2, 0.25) is 0 Å². The van der Waals surface area contributed by atoms with Gasteiger partial charge in [-0.3, -0.25) is 0 Å². The summed E-state index contributed by atoms with van der Waals surface area (Å²) in [5.41, 5.74) is 0. The van der Waals surface area contributed by atoms with Crippen molar-refractivity contribution in [2.24, 2.45) is 0 Å². The fourth-order valence-electron chi connectivity index (χ4n) is 0.721. The maximum Gasteiger partial charge on any atom is 0.0701 e. The minimum absolute atomic E-state index is 0.840. The van der Waals surface area contributed by atoms with E-state index in [9.17, 15) is 0 Å². The van der Waals surface area contributed by atoms with Crippen molar-refractivity contribution in [3.05, 3.63) is 20.8 Å². The average Bonchev–Trinajstić information content (AvgIpc) is 2.35. The Morgan fingerprint density at radius 1 is 1.64 bits per heavy atom. The monoisotopic (exact) mass is 235 g/mol. The van der Waals surface area contributed by atoms with Crippen LogP contribution in [0.2, 0.25) is 0 Å². The van der Waals surface area contributed by atoms with Crippen molar-refractivity contribution in [1.82, 2.24) is 5.06 Å². The van der Waals surface area contributed by atoms with E-state index in [1.807, 2.05) is 13.1 Å². The molecule has 1 rings (SSSR count). The van der Waals surface area contributed by atoms with Gasteiger partial charge in [-0.2, -0.15) is 5.06 Å². The molecule has 11 heavy (non-hydrogen) atoms. The Hall–Kier alpha value is 0.1000. The average molecular weight is 236 g/mol. The molecule has 0 saturated carbocycles. The van der Waals surface area contributed by atoms with Crippen molar-refractivity contribution >= 4 is 27.3 Å². The standard InChI is InChI=1S/C7H10BrNOS/c1-9(10-2)5-6-3-4-7(8)11-6/h3-4H,5H2,1-2H3. The third-order valence-electron chi connectivity index (χ3n) is 1.32. The van der Waals surface area contributed by atoms with E-state index in [0.29, 0.717) is 0 Å². The maximum atomic E-state index is 4.99. The molecule has 0 atom stereocenters. The summed E-state index contributed by atoms with van der Waals surface area (Å²) in [6, 6.07) is 4.13. The van der Waals surface area contributed by atoms with Crippen LogP contribution in [0.25, 0.3) is 0 Å². The molecule has 0 amide bonds. The van der Waals surface area contributed by atoms with E-state index in [2.05, 4.69) is 22.0 Å². The normalized spacial score (nSPS) is 10.9. The van der Waals surface area contributed by atoms with Crippen molar-refractivity contribution in [1.29, 1.82) is 0 Å². The summed E-state index contributed by atoms with van der Waals surface area (Å²) >= 11 is 5.13. The van der Waals surface area contributed by atoms with Crippen molar-refractivity contribution in [2.45, 2.75) is 6.54 Å². The van der Waals surface area contributed by atoms with Crippen LogP contribution in [0, 0.1) is 0 Å². The van der Waals surface area contributed by atoms with Gasteiger partial charge in [-0.05, 0) is 28.1 Å². The van der Waals surface area contributed by atoms with Crippen LogP contribution in [-0.4, -0.2) is 19.2 Å². The zero-order valence-corrected chi connectivity index (χ0v) is 8.91. The number of nitrogens with zero attached hydrogens (tertiary/aromatic N) is 1. The molecule has 0 N–H and O–H groups in total. The molecular weight excluding hydrogens is 226 g/mol. The Bertz CT molecular complexity index is 226. The van der Waals surface area contributed by atoms with E-state index in [0.717, 1.165) is 10.3 Å². The Labute approximate surface area is 78.9 Å². The second kappa shape index (κ2) is 4.21. The van der Waals surface area contributed by atoms with Gasteiger partial charge in [0.05, 0.1) is 17.4 Å². The van der Waals surface area contributed by atoms with Crippen molar-refractivity contribution in [3.63, 3.8) is 0 Å². The molecule has 0 fully saturated rings. The SMILES string of the molecule is CON(C)Cc1ccc(Br)s1. The predicted molar refractivity (Wildman–Crippen MR) is 50.5 cm³/mol. The van der Waals surface area contributed by atoms with Crippen LogP contribution in [0.3, 0.4) is 0 Å². The fraction of sp³-hybridized carbons (Fsp3) is 0.429. The van der Waals surface area contributed by atoms with Gasteiger partial charge in [-0.15, -0.1) is 11.3 Å². The first kappa shape index (κ1) is 9.19. The van der Waals surface area contributed by atoms with Gasteiger partial charge in [0.25, 0.3) is 0 Å². The van der Waals surface area contributed by atoms with Gasteiger partial charge in [-0.25, -0.2) is 0 Å². The van der Waals surface area contributed by atoms with E-state index in [1.54, 1.807) is 23.5 Å². The van der Waals surface area contributed by atoms with Crippen molar-refractivity contribution in [2.75, 3.05) is 14.2 Å². The molecule has 62 valence electrons. The second-order valence-corrected chi connectivity index (χ2v) is 4.72. The summed E-state index contributed by atoms with van der Waals surface area (Å²) in [6.45, 7) is 0.840. The molecule has 0 saturated heterocycles. The van der Waals surface area contributed by atoms with Crippen LogP contribution in [0.15, 0.2) is 15.9 Å². The topological polar surface area (TPSA) is 12.5 Å². The minimum atomic E-state index is 0.840. The minimum Gasteiger partial charge on any atom is -0.302 e. The van der Waals surface area contributed by atoms with Crippen LogP contribution >= 0.6 is 27.3 Å². The molecule has 0 bridgehead atoms. The lowest BCUT2D eigenvalue weighted by Crippen LogP contribution is -2.14. The summed E-state index contributed by atoms with van der Waals surface area (Å²) in [4.78, 5) is 6.28. The summed E-state index contributed by atoms with van der Waals surface area (Å²) in [5.74, 6) is 0. The molecular formula is C7H10BrNOS. The third-order valence-corrected chi connectivity index (χ3v) is 2.93. The molecule has 1 heterocycles. The Balaban J connectivity index is 2.50. The zero-order valence-electron chi connectivity index (χ0n) is 6.50. The van der Waals surface area contributed by atoms with Crippen LogP contribution in [0.1, 0.15) is 4.88 Å². The number of hydrogen-bond acceptors (Lipinski definition) is 3. The quantitative estimate of drug-likeness (QED) is 0.747. The molecule has 1 aromatic heterocycles. The third kappa shape index (κ3) is 2.91. The molecule has 0 spiro atoms. The number of hydroxylamine groups is 2. The lowest BCUT2D eigenvalue weighted by Gasteiger charge is -2.10. The highest BCUT2D eigenvalue weighted by Crippen LogP contribution is 2.22. The van der Waals surface area contributed by atoms with Gasteiger partial charge < -0.3 is 4.84 Å². The largest absolute Gasteiger partial charge is 0.302 e. The van der Waals surface area contributed by atoms with E-state index >= 15 is 0 Å². The number of thiophene rings is 1. The molecule has 0 radical (unpaired) electrons. The number of rotatable bonds is 3. The van der Waals surface area contributed by atoms with E-state index in [1.165, 1.54) is 4.88 Å². The highest BCUT2D eigenvalue weighted by atomic mass is 79.9.